The number of nitrogens with zero attached hydrogens (tertiary/aromatic N) is 3. The zero-order valence-corrected chi connectivity index (χ0v) is 18.4. The third-order valence-electron chi connectivity index (χ3n) is 5.68. The maximum Gasteiger partial charge on any atom is 0.511 e. The second-order valence-electron chi connectivity index (χ2n) is 7.44. The van der Waals surface area contributed by atoms with Crippen LogP contribution in [0.4, 0.5) is 4.79 Å². The van der Waals surface area contributed by atoms with E-state index < -0.39 is 6.16 Å². The Balaban J connectivity index is 1.86. The van der Waals surface area contributed by atoms with Crippen molar-refractivity contribution in [3.8, 4) is 5.75 Å². The Labute approximate surface area is 182 Å². The van der Waals surface area contributed by atoms with Gasteiger partial charge in [0.15, 0.2) is 0 Å². The van der Waals surface area contributed by atoms with Gasteiger partial charge in [-0.15, -0.1) is 0 Å². The van der Waals surface area contributed by atoms with E-state index in [0.29, 0.717) is 5.92 Å². The number of H-pyrrole nitrogens is 1. The van der Waals surface area contributed by atoms with E-state index in [1.165, 1.54) is 0 Å². The van der Waals surface area contributed by atoms with Crippen molar-refractivity contribution in [3.05, 3.63) is 52.8 Å². The monoisotopic (exact) mass is 470 g/mol. The predicted octanol–water partition coefficient (Wildman–Crippen LogP) is 6.15. The van der Waals surface area contributed by atoms with Crippen LogP contribution in [-0.2, 0) is 0 Å². The van der Waals surface area contributed by atoms with E-state index in [2.05, 4.69) is 46.0 Å². The highest BCUT2D eigenvalue weighted by Crippen LogP contribution is 2.36. The van der Waals surface area contributed by atoms with Crippen LogP contribution in [0, 0.1) is 5.92 Å². The average Bonchev–Trinajstić information content (AvgIpc) is 3.34. The molecule has 0 radical (unpaired) electrons. The molecule has 2 N–H and O–H groups in total. The molecule has 1 unspecified atom stereocenters. The molecule has 4 aromatic rings. The normalized spacial score (nSPS) is 12.7. The fourth-order valence-corrected chi connectivity index (χ4v) is 4.54. The van der Waals surface area contributed by atoms with Crippen LogP contribution < -0.4 is 4.74 Å². The summed E-state index contributed by atoms with van der Waals surface area (Å²) < 4.78 is 7.82. The van der Waals surface area contributed by atoms with Gasteiger partial charge in [-0.1, -0.05) is 42.6 Å². The number of ether oxygens (including phenoxy) is 1. The molecule has 0 fully saturated rings. The molecule has 0 bridgehead atoms. The zero-order chi connectivity index (χ0) is 21.3. The van der Waals surface area contributed by atoms with Gasteiger partial charge in [-0.05, 0) is 42.7 Å². The smallest absolute Gasteiger partial charge is 0.449 e. The lowest BCUT2D eigenvalue weighted by Gasteiger charge is -2.24. The molecule has 0 amide bonds. The van der Waals surface area contributed by atoms with Crippen molar-refractivity contribution in [2.24, 2.45) is 5.92 Å². The summed E-state index contributed by atoms with van der Waals surface area (Å²) in [6.45, 7) is 4.43. The summed E-state index contributed by atoms with van der Waals surface area (Å²) in [5, 5.41) is 22.8. The van der Waals surface area contributed by atoms with E-state index in [0.717, 1.165) is 51.1 Å². The quantitative estimate of drug-likeness (QED) is 0.249. The number of aromatic amines is 1. The van der Waals surface area contributed by atoms with E-state index >= 15 is 0 Å². The fourth-order valence-electron chi connectivity index (χ4n) is 4.05. The first kappa shape index (κ1) is 20.4. The van der Waals surface area contributed by atoms with Gasteiger partial charge in [0.1, 0.15) is 5.75 Å². The molecule has 0 aliphatic rings. The number of fused-ring (bicyclic) bond motifs is 2. The van der Waals surface area contributed by atoms with Gasteiger partial charge in [0.05, 0.1) is 29.5 Å². The lowest BCUT2D eigenvalue weighted by molar-refractivity contribution is 0.144. The second kappa shape index (κ2) is 8.47. The third-order valence-corrected chi connectivity index (χ3v) is 6.14. The average molecular weight is 471 g/mol. The Hall–Kier alpha value is -2.87. The van der Waals surface area contributed by atoms with E-state index in [9.17, 15) is 4.79 Å². The Morgan fingerprint density at radius 3 is 2.73 bits per heavy atom. The van der Waals surface area contributed by atoms with E-state index in [1.54, 1.807) is 18.3 Å². The number of benzene rings is 2. The van der Waals surface area contributed by atoms with Crippen LogP contribution in [-0.4, -0.2) is 31.2 Å². The zero-order valence-electron chi connectivity index (χ0n) is 16.8. The summed E-state index contributed by atoms with van der Waals surface area (Å²) in [5.74, 6) is 0.824. The van der Waals surface area contributed by atoms with Crippen molar-refractivity contribution >= 4 is 43.9 Å². The van der Waals surface area contributed by atoms with E-state index in [4.69, 9.17) is 14.9 Å². The molecule has 4 rings (SSSR count). The molecule has 8 heteroatoms. The van der Waals surface area contributed by atoms with Gasteiger partial charge in [0.2, 0.25) is 0 Å². The van der Waals surface area contributed by atoms with Gasteiger partial charge in [-0.3, -0.25) is 9.78 Å². The number of rotatable bonds is 7. The first-order chi connectivity index (χ1) is 14.5. The number of hydrogen-bond donors (Lipinski definition) is 2. The van der Waals surface area contributed by atoms with Gasteiger partial charge in [-0.2, -0.15) is 10.2 Å². The van der Waals surface area contributed by atoms with Crippen molar-refractivity contribution in [1.82, 2.24) is 20.0 Å². The summed E-state index contributed by atoms with van der Waals surface area (Å²) in [6.07, 6.45) is 5.36. The minimum Gasteiger partial charge on any atom is -0.449 e. The number of carbonyl (C=O) groups is 1. The lowest BCUT2D eigenvalue weighted by Crippen LogP contribution is -2.17. The molecule has 0 saturated heterocycles. The van der Waals surface area contributed by atoms with E-state index in [1.807, 2.05) is 23.0 Å². The standard InChI is InChI=1S/C22H23BrN4O3/c1-3-13(4-2)7-20(18-10-16(23)8-15-11-24-26-21(15)18)27-19-6-5-17(30-22(28)29)9-14(19)12-25-27/h5-6,8-13,20H,3-4,7H2,1-2H3,(H,24,26)(H,28,29). The molecule has 0 aliphatic heterocycles. The van der Waals surface area contributed by atoms with Crippen molar-refractivity contribution < 1.29 is 14.6 Å². The Bertz CT molecular complexity index is 1200. The minimum absolute atomic E-state index is 0.000841. The SMILES string of the molecule is CCC(CC)CC(c1cc(Br)cc2cn[nH]c12)n1ncc2cc(OC(=O)O)ccc21. The molecule has 2 aromatic carbocycles. The Morgan fingerprint density at radius 2 is 2.00 bits per heavy atom. The number of halogens is 1. The fraction of sp³-hybridized carbons (Fsp3) is 0.318. The number of aromatic nitrogens is 4. The number of nitrogens with one attached hydrogen (secondary N) is 1. The first-order valence-electron chi connectivity index (χ1n) is 10.0. The minimum atomic E-state index is -1.33. The van der Waals surface area contributed by atoms with Crippen LogP contribution in [0.1, 0.15) is 44.7 Å². The van der Waals surface area contributed by atoms with Crippen LogP contribution in [0.15, 0.2) is 47.2 Å². The first-order valence-corrected chi connectivity index (χ1v) is 10.8. The van der Waals surface area contributed by atoms with Gasteiger partial charge < -0.3 is 9.84 Å². The second-order valence-corrected chi connectivity index (χ2v) is 8.36. The summed E-state index contributed by atoms with van der Waals surface area (Å²) in [5.41, 5.74) is 3.06. The molecule has 0 aliphatic carbocycles. The third kappa shape index (κ3) is 3.92. The van der Waals surface area contributed by atoms with Gasteiger partial charge in [0.25, 0.3) is 0 Å². The van der Waals surface area contributed by atoms with Crippen LogP contribution in [0.5, 0.6) is 5.75 Å². The van der Waals surface area contributed by atoms with Gasteiger partial charge >= 0.3 is 6.16 Å². The number of carboxylic acid groups (broad SMARTS) is 1. The molecule has 2 heterocycles. The molecular formula is C22H23BrN4O3. The lowest BCUT2D eigenvalue weighted by atomic mass is 9.90. The van der Waals surface area contributed by atoms with Gasteiger partial charge in [-0.25, -0.2) is 4.79 Å². The molecule has 7 nitrogen and oxygen atoms in total. The highest BCUT2D eigenvalue weighted by molar-refractivity contribution is 9.10. The topological polar surface area (TPSA) is 93.0 Å². The molecular weight excluding hydrogens is 448 g/mol. The predicted molar refractivity (Wildman–Crippen MR) is 119 cm³/mol. The summed E-state index contributed by atoms with van der Waals surface area (Å²) in [6, 6.07) is 9.40. The highest BCUT2D eigenvalue weighted by Gasteiger charge is 2.24. The summed E-state index contributed by atoms with van der Waals surface area (Å²) in [4.78, 5) is 10.9. The molecule has 0 spiro atoms. The number of hydrogen-bond acceptors (Lipinski definition) is 4. The van der Waals surface area contributed by atoms with Crippen molar-refractivity contribution in [3.63, 3.8) is 0 Å². The maximum atomic E-state index is 10.9. The van der Waals surface area contributed by atoms with Crippen LogP contribution >= 0.6 is 15.9 Å². The highest BCUT2D eigenvalue weighted by atomic mass is 79.9. The molecule has 0 saturated carbocycles. The van der Waals surface area contributed by atoms with E-state index in [-0.39, 0.29) is 11.8 Å². The Kier molecular flexibility index (Phi) is 5.76. The largest absolute Gasteiger partial charge is 0.511 e. The summed E-state index contributed by atoms with van der Waals surface area (Å²) in [7, 11) is 0. The van der Waals surface area contributed by atoms with Crippen LogP contribution in [0.3, 0.4) is 0 Å². The maximum absolute atomic E-state index is 10.9. The molecule has 2 aromatic heterocycles. The van der Waals surface area contributed by atoms with Crippen molar-refractivity contribution in [2.45, 2.75) is 39.2 Å². The Morgan fingerprint density at radius 1 is 1.20 bits per heavy atom. The van der Waals surface area contributed by atoms with Crippen molar-refractivity contribution in [2.75, 3.05) is 0 Å². The molecule has 156 valence electrons. The van der Waals surface area contributed by atoms with Crippen LogP contribution in [0.2, 0.25) is 0 Å². The molecule has 30 heavy (non-hydrogen) atoms. The van der Waals surface area contributed by atoms with Crippen molar-refractivity contribution in [1.29, 1.82) is 0 Å². The molecule has 1 atom stereocenters. The van der Waals surface area contributed by atoms with Gasteiger partial charge in [0, 0.05) is 20.8 Å². The van der Waals surface area contributed by atoms with Crippen LogP contribution in [0.25, 0.3) is 21.8 Å². The summed E-state index contributed by atoms with van der Waals surface area (Å²) >= 11 is 3.64.